The molecule has 2 aromatic carbocycles. The molecule has 10 heteroatoms. The van der Waals surface area contributed by atoms with Crippen LogP contribution >= 0.6 is 0 Å². The number of amides is 1. The second-order valence-corrected chi connectivity index (χ2v) is 7.15. The molecule has 0 bridgehead atoms. The van der Waals surface area contributed by atoms with Crippen molar-refractivity contribution in [2.24, 2.45) is 5.16 Å². The van der Waals surface area contributed by atoms with E-state index in [1.165, 1.54) is 10.7 Å². The molecule has 1 atom stereocenters. The Bertz CT molecular complexity index is 1140. The predicted octanol–water partition coefficient (Wildman–Crippen LogP) is 4.09. The van der Waals surface area contributed by atoms with Crippen LogP contribution in [0.3, 0.4) is 0 Å². The first-order valence-electron chi connectivity index (χ1n) is 9.69. The Morgan fingerprint density at radius 1 is 1.22 bits per heavy atom. The summed E-state index contributed by atoms with van der Waals surface area (Å²) in [6.45, 7) is 0.129. The van der Waals surface area contributed by atoms with Gasteiger partial charge in [0, 0.05) is 18.7 Å². The van der Waals surface area contributed by atoms with Gasteiger partial charge in [-0.25, -0.2) is 0 Å². The fourth-order valence-corrected chi connectivity index (χ4v) is 3.23. The summed E-state index contributed by atoms with van der Waals surface area (Å²) in [7, 11) is 1.58. The minimum absolute atomic E-state index is 0.129. The van der Waals surface area contributed by atoms with Gasteiger partial charge in [0.05, 0.1) is 24.9 Å². The van der Waals surface area contributed by atoms with Crippen molar-refractivity contribution < 1.29 is 27.5 Å². The van der Waals surface area contributed by atoms with Gasteiger partial charge in [-0.3, -0.25) is 9.48 Å². The van der Waals surface area contributed by atoms with E-state index in [1.807, 2.05) is 12.1 Å². The molecule has 0 aliphatic carbocycles. The fourth-order valence-electron chi connectivity index (χ4n) is 3.23. The van der Waals surface area contributed by atoms with Gasteiger partial charge in [-0.1, -0.05) is 17.3 Å². The molecule has 7 nitrogen and oxygen atoms in total. The summed E-state index contributed by atoms with van der Waals surface area (Å²) < 4.78 is 45.2. The minimum atomic E-state index is -4.41. The van der Waals surface area contributed by atoms with Crippen molar-refractivity contribution >= 4 is 17.4 Å². The van der Waals surface area contributed by atoms with Crippen LogP contribution < -0.4 is 10.1 Å². The van der Waals surface area contributed by atoms with Crippen LogP contribution in [0.15, 0.2) is 65.9 Å². The number of carbonyl (C=O) groups is 1. The monoisotopic (exact) mass is 444 g/mol. The summed E-state index contributed by atoms with van der Waals surface area (Å²) in [4.78, 5) is 17.8. The van der Waals surface area contributed by atoms with Crippen molar-refractivity contribution in [2.75, 3.05) is 12.4 Å². The summed E-state index contributed by atoms with van der Waals surface area (Å²) in [6.07, 6.45) is -3.35. The quantitative estimate of drug-likeness (QED) is 0.621. The average molecular weight is 444 g/mol. The summed E-state index contributed by atoms with van der Waals surface area (Å²) in [6, 6.07) is 13.8. The van der Waals surface area contributed by atoms with Crippen LogP contribution in [0.4, 0.5) is 19.0 Å². The molecule has 32 heavy (non-hydrogen) atoms. The molecule has 0 saturated heterocycles. The predicted molar refractivity (Wildman–Crippen MR) is 110 cm³/mol. The largest absolute Gasteiger partial charge is 0.497 e. The third kappa shape index (κ3) is 4.90. The Kier molecular flexibility index (Phi) is 5.85. The molecule has 0 radical (unpaired) electrons. The third-order valence-electron chi connectivity index (χ3n) is 4.88. The number of oxime groups is 1. The van der Waals surface area contributed by atoms with Crippen LogP contribution in [0, 0.1) is 0 Å². The number of halogens is 3. The minimum Gasteiger partial charge on any atom is -0.497 e. The number of nitrogens with one attached hydrogen (secondary N) is 1. The number of ether oxygens (including phenoxy) is 1. The van der Waals surface area contributed by atoms with E-state index in [0.717, 1.165) is 17.7 Å². The number of alkyl halides is 3. The first kappa shape index (κ1) is 21.4. The van der Waals surface area contributed by atoms with Gasteiger partial charge in [-0.05, 0) is 47.5 Å². The van der Waals surface area contributed by atoms with Gasteiger partial charge in [-0.2, -0.15) is 18.3 Å². The molecule has 1 aliphatic heterocycles. The molecule has 0 saturated carbocycles. The van der Waals surface area contributed by atoms with Crippen molar-refractivity contribution in [3.63, 3.8) is 0 Å². The Morgan fingerprint density at radius 3 is 2.72 bits per heavy atom. The molecule has 1 N–H and O–H groups in total. The Balaban J connectivity index is 1.34. The SMILES string of the molecule is COc1ccc(C2=NOC(C(=O)Nc3ccn(Cc4cccc(C(F)(F)F)c4)n3)C2)cc1. The van der Waals surface area contributed by atoms with Gasteiger partial charge in [0.2, 0.25) is 6.10 Å². The van der Waals surface area contributed by atoms with E-state index in [1.54, 1.807) is 37.6 Å². The first-order valence-corrected chi connectivity index (χ1v) is 9.69. The maximum atomic E-state index is 12.9. The Morgan fingerprint density at radius 2 is 2.00 bits per heavy atom. The highest BCUT2D eigenvalue weighted by Crippen LogP contribution is 2.29. The van der Waals surface area contributed by atoms with Crippen LogP contribution in [-0.4, -0.2) is 34.6 Å². The number of hydrogen-bond acceptors (Lipinski definition) is 5. The van der Waals surface area contributed by atoms with E-state index in [0.29, 0.717) is 23.4 Å². The summed E-state index contributed by atoms with van der Waals surface area (Å²) in [5.41, 5.74) is 1.19. The molecular formula is C22H19F3N4O3. The van der Waals surface area contributed by atoms with E-state index in [-0.39, 0.29) is 12.4 Å². The number of methoxy groups -OCH3 is 1. The van der Waals surface area contributed by atoms with E-state index in [9.17, 15) is 18.0 Å². The maximum Gasteiger partial charge on any atom is 0.416 e. The zero-order valence-corrected chi connectivity index (χ0v) is 17.0. The van der Waals surface area contributed by atoms with Crippen LogP contribution in [0.25, 0.3) is 0 Å². The molecule has 1 aliphatic rings. The van der Waals surface area contributed by atoms with E-state index in [4.69, 9.17) is 9.57 Å². The fraction of sp³-hybridized carbons (Fsp3) is 0.227. The van der Waals surface area contributed by atoms with Crippen molar-refractivity contribution in [1.82, 2.24) is 9.78 Å². The lowest BCUT2D eigenvalue weighted by Gasteiger charge is -2.09. The lowest BCUT2D eigenvalue weighted by atomic mass is 10.0. The lowest BCUT2D eigenvalue weighted by Crippen LogP contribution is -2.28. The second-order valence-electron chi connectivity index (χ2n) is 7.15. The van der Waals surface area contributed by atoms with Gasteiger partial charge in [-0.15, -0.1) is 0 Å². The van der Waals surface area contributed by atoms with Gasteiger partial charge >= 0.3 is 6.18 Å². The van der Waals surface area contributed by atoms with Gasteiger partial charge in [0.25, 0.3) is 5.91 Å². The molecule has 2 heterocycles. The molecule has 166 valence electrons. The van der Waals surface area contributed by atoms with Crippen LogP contribution in [-0.2, 0) is 22.4 Å². The van der Waals surface area contributed by atoms with Crippen LogP contribution in [0.2, 0.25) is 0 Å². The second kappa shape index (κ2) is 8.74. The number of rotatable bonds is 6. The normalized spacial score (nSPS) is 15.8. The van der Waals surface area contributed by atoms with Gasteiger partial charge in [0.1, 0.15) is 5.75 Å². The van der Waals surface area contributed by atoms with Crippen LogP contribution in [0.5, 0.6) is 5.75 Å². The third-order valence-corrected chi connectivity index (χ3v) is 4.88. The molecule has 4 rings (SSSR count). The topological polar surface area (TPSA) is 77.7 Å². The first-order chi connectivity index (χ1) is 15.3. The molecule has 0 spiro atoms. The molecule has 0 fully saturated rings. The highest BCUT2D eigenvalue weighted by atomic mass is 19.4. The number of benzene rings is 2. The molecule has 1 unspecified atom stereocenters. The van der Waals surface area contributed by atoms with Crippen LogP contribution in [0.1, 0.15) is 23.1 Å². The zero-order chi connectivity index (χ0) is 22.7. The summed E-state index contributed by atoms with van der Waals surface area (Å²) in [5.74, 6) is 0.563. The number of hydrogen-bond donors (Lipinski definition) is 1. The average Bonchev–Trinajstić information content (AvgIpc) is 3.43. The Hall–Kier alpha value is -3.82. The summed E-state index contributed by atoms with van der Waals surface area (Å²) in [5, 5.41) is 10.8. The lowest BCUT2D eigenvalue weighted by molar-refractivity contribution is -0.137. The number of carbonyl (C=O) groups excluding carboxylic acids is 1. The standard InChI is InChI=1S/C22H19F3N4O3/c1-31-17-7-5-15(6-8-17)18-12-19(32-28-18)21(30)26-20-9-10-29(27-20)13-14-3-2-4-16(11-14)22(23,24)25/h2-11,19H,12-13H2,1H3,(H,26,27,30). The van der Waals surface area contributed by atoms with Crippen molar-refractivity contribution in [3.8, 4) is 5.75 Å². The molecule has 3 aromatic rings. The van der Waals surface area contributed by atoms with Gasteiger partial charge in [0.15, 0.2) is 5.82 Å². The smallest absolute Gasteiger partial charge is 0.416 e. The highest BCUT2D eigenvalue weighted by Gasteiger charge is 2.31. The maximum absolute atomic E-state index is 12.9. The van der Waals surface area contributed by atoms with Crippen molar-refractivity contribution in [1.29, 1.82) is 0 Å². The Labute approximate surface area is 181 Å². The summed E-state index contributed by atoms with van der Waals surface area (Å²) >= 11 is 0. The van der Waals surface area contributed by atoms with E-state index >= 15 is 0 Å². The van der Waals surface area contributed by atoms with Crippen molar-refractivity contribution in [2.45, 2.75) is 25.2 Å². The number of aromatic nitrogens is 2. The van der Waals surface area contributed by atoms with E-state index < -0.39 is 23.8 Å². The molecular weight excluding hydrogens is 425 g/mol. The number of nitrogens with zero attached hydrogens (tertiary/aromatic N) is 3. The molecule has 1 aromatic heterocycles. The van der Waals surface area contributed by atoms with Gasteiger partial charge < -0.3 is 14.9 Å². The number of anilines is 1. The van der Waals surface area contributed by atoms with E-state index in [2.05, 4.69) is 15.6 Å². The zero-order valence-electron chi connectivity index (χ0n) is 17.0. The van der Waals surface area contributed by atoms with Crippen molar-refractivity contribution in [3.05, 3.63) is 77.5 Å². The highest BCUT2D eigenvalue weighted by molar-refractivity contribution is 6.06. The molecule has 1 amide bonds.